The number of anilines is 2. The number of benzene rings is 2. The predicted molar refractivity (Wildman–Crippen MR) is 129 cm³/mol. The first-order valence-corrected chi connectivity index (χ1v) is 11.0. The Kier molecular flexibility index (Phi) is 5.42. The molecule has 0 unspecified atom stereocenters. The van der Waals surface area contributed by atoms with Crippen molar-refractivity contribution in [2.45, 2.75) is 6.92 Å². The first-order valence-electron chi connectivity index (χ1n) is 11.0. The number of aryl methyl sites for hydroxylation is 1. The number of nitrogens with zero attached hydrogens (tertiary/aromatic N) is 6. The fraction of sp³-hybridized carbons (Fsp3) is 0.280. The van der Waals surface area contributed by atoms with Gasteiger partial charge in [-0.15, -0.1) is 0 Å². The van der Waals surface area contributed by atoms with Crippen molar-refractivity contribution in [3.63, 3.8) is 0 Å². The first kappa shape index (κ1) is 20.9. The van der Waals surface area contributed by atoms with Gasteiger partial charge in [-0.3, -0.25) is 4.79 Å². The summed E-state index contributed by atoms with van der Waals surface area (Å²) in [5.74, 6) is 2.28. The molecular formula is C25H26N6O2. The molecular weight excluding hydrogens is 416 g/mol. The van der Waals surface area contributed by atoms with E-state index in [0.29, 0.717) is 43.5 Å². The molecule has 0 spiro atoms. The van der Waals surface area contributed by atoms with E-state index in [4.69, 9.17) is 4.52 Å². The molecule has 0 radical (unpaired) electrons. The zero-order chi connectivity index (χ0) is 22.9. The van der Waals surface area contributed by atoms with E-state index < -0.39 is 0 Å². The van der Waals surface area contributed by atoms with E-state index >= 15 is 0 Å². The molecule has 3 heterocycles. The van der Waals surface area contributed by atoms with Gasteiger partial charge in [-0.1, -0.05) is 35.5 Å². The second-order valence-corrected chi connectivity index (χ2v) is 8.45. The van der Waals surface area contributed by atoms with Crippen LogP contribution in [0.5, 0.6) is 0 Å². The number of hydrogen-bond donors (Lipinski definition) is 0. The minimum atomic E-state index is 0.0101. The molecule has 1 amide bonds. The highest BCUT2D eigenvalue weighted by atomic mass is 16.5. The fourth-order valence-corrected chi connectivity index (χ4v) is 4.07. The zero-order valence-corrected chi connectivity index (χ0v) is 19.0. The highest BCUT2D eigenvalue weighted by molar-refractivity contribution is 6.01. The lowest BCUT2D eigenvalue weighted by molar-refractivity contribution is 0.0746. The van der Waals surface area contributed by atoms with Crippen LogP contribution in [0.1, 0.15) is 16.1 Å². The molecule has 1 aliphatic rings. The summed E-state index contributed by atoms with van der Waals surface area (Å²) in [6, 6.07) is 17.3. The molecule has 0 N–H and O–H groups in total. The highest BCUT2D eigenvalue weighted by Gasteiger charge is 2.25. The molecule has 2 aromatic heterocycles. The van der Waals surface area contributed by atoms with Gasteiger partial charge in [0.05, 0.1) is 5.39 Å². The van der Waals surface area contributed by atoms with Gasteiger partial charge in [0.2, 0.25) is 5.95 Å². The maximum Gasteiger partial charge on any atom is 0.254 e. The molecule has 1 fully saturated rings. The van der Waals surface area contributed by atoms with Crippen LogP contribution in [0.15, 0.2) is 59.1 Å². The predicted octanol–water partition coefficient (Wildman–Crippen LogP) is 3.62. The van der Waals surface area contributed by atoms with E-state index in [1.54, 1.807) is 0 Å². The van der Waals surface area contributed by atoms with Crippen LogP contribution < -0.4 is 9.80 Å². The van der Waals surface area contributed by atoms with Crippen molar-refractivity contribution in [3.8, 4) is 11.3 Å². The number of hydrogen-bond acceptors (Lipinski definition) is 7. The number of fused-ring (bicyclic) bond motifs is 1. The summed E-state index contributed by atoms with van der Waals surface area (Å²) >= 11 is 0. The van der Waals surface area contributed by atoms with Crippen molar-refractivity contribution in [3.05, 3.63) is 65.9 Å². The summed E-state index contributed by atoms with van der Waals surface area (Å²) in [4.78, 5) is 28.5. The second-order valence-electron chi connectivity index (χ2n) is 8.45. The topological polar surface area (TPSA) is 78.6 Å². The summed E-state index contributed by atoms with van der Waals surface area (Å²) in [6.07, 6.45) is 0. The van der Waals surface area contributed by atoms with Crippen LogP contribution >= 0.6 is 0 Å². The summed E-state index contributed by atoms with van der Waals surface area (Å²) < 4.78 is 5.58. The third kappa shape index (κ3) is 4.11. The van der Waals surface area contributed by atoms with Crippen LogP contribution in [-0.4, -0.2) is 66.2 Å². The SMILES string of the molecule is Cc1cc(N(C)C)nc(N2CCN(C(=O)c3ccc4noc(-c5ccccc5)c4c3)CC2)n1. The van der Waals surface area contributed by atoms with Gasteiger partial charge in [-0.05, 0) is 25.1 Å². The Morgan fingerprint density at radius 1 is 0.970 bits per heavy atom. The molecule has 0 aliphatic carbocycles. The molecule has 33 heavy (non-hydrogen) atoms. The van der Waals surface area contributed by atoms with E-state index in [2.05, 4.69) is 20.0 Å². The van der Waals surface area contributed by atoms with Crippen molar-refractivity contribution < 1.29 is 9.32 Å². The van der Waals surface area contributed by atoms with Crippen LogP contribution in [0.25, 0.3) is 22.2 Å². The van der Waals surface area contributed by atoms with Gasteiger partial charge in [0, 0.05) is 63.2 Å². The summed E-state index contributed by atoms with van der Waals surface area (Å²) in [5.41, 5.74) is 3.24. The molecule has 2 aromatic carbocycles. The van der Waals surface area contributed by atoms with Gasteiger partial charge in [0.1, 0.15) is 11.3 Å². The average molecular weight is 443 g/mol. The smallest absolute Gasteiger partial charge is 0.254 e. The lowest BCUT2D eigenvalue weighted by atomic mass is 10.1. The van der Waals surface area contributed by atoms with Gasteiger partial charge >= 0.3 is 0 Å². The molecule has 8 heteroatoms. The largest absolute Gasteiger partial charge is 0.363 e. The van der Waals surface area contributed by atoms with E-state index in [-0.39, 0.29) is 5.91 Å². The lowest BCUT2D eigenvalue weighted by Gasteiger charge is -2.35. The van der Waals surface area contributed by atoms with Crippen LogP contribution in [0.4, 0.5) is 11.8 Å². The lowest BCUT2D eigenvalue weighted by Crippen LogP contribution is -2.49. The molecule has 0 atom stereocenters. The van der Waals surface area contributed by atoms with Gasteiger partial charge in [0.15, 0.2) is 5.76 Å². The van der Waals surface area contributed by atoms with Crippen LogP contribution in [0, 0.1) is 6.92 Å². The van der Waals surface area contributed by atoms with Crippen LogP contribution in [0.2, 0.25) is 0 Å². The van der Waals surface area contributed by atoms with Crippen molar-refractivity contribution in [1.82, 2.24) is 20.0 Å². The quantitative estimate of drug-likeness (QED) is 0.478. The Hall–Kier alpha value is -3.94. The summed E-state index contributed by atoms with van der Waals surface area (Å²) in [7, 11) is 3.94. The van der Waals surface area contributed by atoms with Gasteiger partial charge in [-0.2, -0.15) is 4.98 Å². The number of piperazine rings is 1. The van der Waals surface area contributed by atoms with E-state index in [0.717, 1.165) is 28.0 Å². The standard InChI is InChI=1S/C25H26N6O2/c1-17-15-22(29(2)3)27-25(26-17)31-13-11-30(12-14-31)24(32)19-9-10-21-20(16-19)23(33-28-21)18-7-5-4-6-8-18/h4-10,15-16H,11-14H2,1-3H3. The molecule has 0 saturated carbocycles. The molecule has 8 nitrogen and oxygen atoms in total. The Morgan fingerprint density at radius 2 is 1.73 bits per heavy atom. The van der Waals surface area contributed by atoms with Crippen LogP contribution in [0.3, 0.4) is 0 Å². The van der Waals surface area contributed by atoms with E-state index in [9.17, 15) is 4.79 Å². The average Bonchev–Trinajstić information content (AvgIpc) is 3.27. The molecule has 0 bridgehead atoms. The normalized spacial score (nSPS) is 14.0. The van der Waals surface area contributed by atoms with Crippen molar-refractivity contribution in [2.75, 3.05) is 50.1 Å². The zero-order valence-electron chi connectivity index (χ0n) is 19.0. The van der Waals surface area contributed by atoms with Gasteiger partial charge < -0.3 is 19.2 Å². The molecule has 4 aromatic rings. The maximum atomic E-state index is 13.3. The number of amides is 1. The van der Waals surface area contributed by atoms with Crippen LogP contribution in [-0.2, 0) is 0 Å². The van der Waals surface area contributed by atoms with Gasteiger partial charge in [0.25, 0.3) is 5.91 Å². The molecule has 1 aliphatic heterocycles. The Labute approximate surface area is 192 Å². The summed E-state index contributed by atoms with van der Waals surface area (Å²) in [6.45, 7) is 4.57. The fourth-order valence-electron chi connectivity index (χ4n) is 4.07. The third-order valence-corrected chi connectivity index (χ3v) is 5.90. The minimum Gasteiger partial charge on any atom is -0.363 e. The maximum absolute atomic E-state index is 13.3. The van der Waals surface area contributed by atoms with E-state index in [1.807, 2.05) is 85.4 Å². The molecule has 1 saturated heterocycles. The van der Waals surface area contributed by atoms with Crippen molar-refractivity contribution >= 4 is 28.6 Å². The highest BCUT2D eigenvalue weighted by Crippen LogP contribution is 2.29. The Bertz CT molecular complexity index is 1290. The molecule has 168 valence electrons. The second kappa shape index (κ2) is 8.54. The summed E-state index contributed by atoms with van der Waals surface area (Å²) in [5, 5.41) is 5.00. The Morgan fingerprint density at radius 3 is 2.45 bits per heavy atom. The van der Waals surface area contributed by atoms with Gasteiger partial charge in [-0.25, -0.2) is 4.98 Å². The van der Waals surface area contributed by atoms with Crippen molar-refractivity contribution in [1.29, 1.82) is 0 Å². The monoisotopic (exact) mass is 442 g/mol. The number of rotatable bonds is 4. The first-order chi connectivity index (χ1) is 16.0. The third-order valence-electron chi connectivity index (χ3n) is 5.90. The Balaban J connectivity index is 1.33. The van der Waals surface area contributed by atoms with E-state index in [1.165, 1.54) is 0 Å². The minimum absolute atomic E-state index is 0.0101. The number of carbonyl (C=O) groups excluding carboxylic acids is 1. The molecule has 5 rings (SSSR count). The number of aromatic nitrogens is 3. The number of carbonyl (C=O) groups is 1. The van der Waals surface area contributed by atoms with Crippen molar-refractivity contribution in [2.24, 2.45) is 0 Å².